The van der Waals surface area contributed by atoms with E-state index in [1.165, 1.54) is 0 Å². The number of nitro benzene ring substituents is 2. The molecule has 3 aromatic rings. The van der Waals surface area contributed by atoms with E-state index in [-0.39, 0.29) is 17.0 Å². The number of fused-ring (bicyclic) bond motifs is 1. The first kappa shape index (κ1) is 15.1. The number of nitrogens with one attached hydrogen (secondary N) is 1. The lowest BCUT2D eigenvalue weighted by Gasteiger charge is -2.05. The third kappa shape index (κ3) is 2.31. The predicted molar refractivity (Wildman–Crippen MR) is 83.4 cm³/mol. The van der Waals surface area contributed by atoms with Gasteiger partial charge < -0.3 is 10.7 Å². The minimum atomic E-state index is -0.955. The monoisotopic (exact) mass is 327 g/mol. The van der Waals surface area contributed by atoms with Gasteiger partial charge in [-0.3, -0.25) is 25.0 Å². The van der Waals surface area contributed by atoms with Gasteiger partial charge in [0.2, 0.25) is 5.91 Å². The lowest BCUT2D eigenvalue weighted by atomic mass is 10.0. The summed E-state index contributed by atoms with van der Waals surface area (Å²) in [6, 6.07) is 8.73. The van der Waals surface area contributed by atoms with E-state index in [4.69, 9.17) is 5.73 Å². The van der Waals surface area contributed by atoms with Gasteiger partial charge in [-0.2, -0.15) is 0 Å². The number of hydrogen-bond acceptors (Lipinski definition) is 6. The van der Waals surface area contributed by atoms with Crippen LogP contribution in [0.2, 0.25) is 0 Å². The molecule has 24 heavy (non-hydrogen) atoms. The topological polar surface area (TPSA) is 158 Å². The zero-order valence-corrected chi connectivity index (χ0v) is 11.9. The van der Waals surface area contributed by atoms with Gasteiger partial charge in [0.05, 0.1) is 26.4 Å². The Hall–Kier alpha value is -3.82. The zero-order valence-electron chi connectivity index (χ0n) is 11.9. The van der Waals surface area contributed by atoms with Gasteiger partial charge in [0, 0.05) is 6.07 Å². The maximum atomic E-state index is 11.7. The van der Waals surface area contributed by atoms with Gasteiger partial charge in [0.15, 0.2) is 0 Å². The Balaban J connectivity index is 2.42. The number of imidazole rings is 1. The third-order valence-corrected chi connectivity index (χ3v) is 3.43. The number of nitrogens with two attached hydrogens (primary N) is 1. The van der Waals surface area contributed by atoms with Gasteiger partial charge in [-0.1, -0.05) is 12.1 Å². The molecule has 0 spiro atoms. The second-order valence-corrected chi connectivity index (χ2v) is 4.84. The van der Waals surface area contributed by atoms with Gasteiger partial charge in [0.25, 0.3) is 0 Å². The van der Waals surface area contributed by atoms with Crippen molar-refractivity contribution in [2.75, 3.05) is 0 Å². The van der Waals surface area contributed by atoms with Crippen LogP contribution < -0.4 is 5.73 Å². The van der Waals surface area contributed by atoms with Crippen LogP contribution in [0.5, 0.6) is 0 Å². The van der Waals surface area contributed by atoms with E-state index in [9.17, 15) is 25.0 Å². The molecule has 0 bridgehead atoms. The molecule has 10 heteroatoms. The van der Waals surface area contributed by atoms with Crippen LogP contribution >= 0.6 is 0 Å². The molecule has 0 atom stereocenters. The van der Waals surface area contributed by atoms with Crippen LogP contribution in [0.15, 0.2) is 36.4 Å². The van der Waals surface area contributed by atoms with E-state index in [2.05, 4.69) is 9.97 Å². The molecule has 2 aromatic carbocycles. The molecule has 0 radical (unpaired) electrons. The maximum absolute atomic E-state index is 11.7. The van der Waals surface area contributed by atoms with Crippen LogP contribution in [0.3, 0.4) is 0 Å². The van der Waals surface area contributed by atoms with E-state index < -0.39 is 27.1 Å². The van der Waals surface area contributed by atoms with Crippen LogP contribution in [0.4, 0.5) is 11.4 Å². The van der Waals surface area contributed by atoms with Crippen LogP contribution in [-0.4, -0.2) is 25.7 Å². The molecule has 1 aromatic heterocycles. The Bertz CT molecular complexity index is 977. The minimum Gasteiger partial charge on any atom is -0.366 e. The molecule has 0 aliphatic carbocycles. The molecule has 0 fully saturated rings. The molecule has 120 valence electrons. The number of amides is 1. The molecule has 10 nitrogen and oxygen atoms in total. The fourth-order valence-corrected chi connectivity index (χ4v) is 2.43. The summed E-state index contributed by atoms with van der Waals surface area (Å²) in [5.74, 6) is -0.996. The summed E-state index contributed by atoms with van der Waals surface area (Å²) in [6.07, 6.45) is 0. The Morgan fingerprint density at radius 1 is 1.08 bits per heavy atom. The fourth-order valence-electron chi connectivity index (χ4n) is 2.43. The standard InChI is InChI=1S/C14H9N5O5/c15-13(20)7-5-6-10(18(21)22)12(19(23)24)11(7)14-16-8-3-1-2-4-9(8)17-14/h1-6H,(H2,15,20)(H,16,17). The van der Waals surface area contributed by atoms with Gasteiger partial charge in [-0.05, 0) is 18.2 Å². The van der Waals surface area contributed by atoms with Crippen molar-refractivity contribution in [2.24, 2.45) is 5.73 Å². The summed E-state index contributed by atoms with van der Waals surface area (Å²) in [7, 11) is 0. The number of para-hydroxylation sites is 2. The van der Waals surface area contributed by atoms with Crippen LogP contribution in [0.25, 0.3) is 22.4 Å². The molecule has 1 heterocycles. The number of nitro groups is 2. The lowest BCUT2D eigenvalue weighted by molar-refractivity contribution is -0.422. The highest BCUT2D eigenvalue weighted by Gasteiger charge is 2.34. The summed E-state index contributed by atoms with van der Waals surface area (Å²) < 4.78 is 0. The first-order valence-electron chi connectivity index (χ1n) is 6.61. The smallest absolute Gasteiger partial charge is 0.357 e. The SMILES string of the molecule is NC(=O)c1ccc([N+](=O)[O-])c([N+](=O)[O-])c1-c1nc2ccccc2[nH]1. The predicted octanol–water partition coefficient (Wildman–Crippen LogP) is 2.15. The fraction of sp³-hybridized carbons (Fsp3) is 0. The Morgan fingerprint density at radius 3 is 2.38 bits per heavy atom. The van der Waals surface area contributed by atoms with Crippen molar-refractivity contribution in [2.45, 2.75) is 0 Å². The molecule has 0 aliphatic rings. The van der Waals surface area contributed by atoms with Crippen LogP contribution in [0.1, 0.15) is 10.4 Å². The molecule has 0 saturated heterocycles. The van der Waals surface area contributed by atoms with Gasteiger partial charge >= 0.3 is 11.4 Å². The lowest BCUT2D eigenvalue weighted by Crippen LogP contribution is -2.14. The minimum absolute atomic E-state index is 0.0413. The zero-order chi connectivity index (χ0) is 17.4. The first-order valence-corrected chi connectivity index (χ1v) is 6.61. The summed E-state index contributed by atoms with van der Waals surface area (Å²) in [6.45, 7) is 0. The van der Waals surface area contributed by atoms with Crippen molar-refractivity contribution in [1.82, 2.24) is 9.97 Å². The second kappa shape index (κ2) is 5.43. The number of primary amides is 1. The van der Waals surface area contributed by atoms with E-state index in [0.29, 0.717) is 11.0 Å². The number of rotatable bonds is 4. The number of carbonyl (C=O) groups is 1. The molecule has 3 rings (SSSR count). The molecule has 0 saturated carbocycles. The third-order valence-electron chi connectivity index (χ3n) is 3.43. The number of benzene rings is 2. The van der Waals surface area contributed by atoms with Crippen molar-refractivity contribution < 1.29 is 14.6 Å². The summed E-state index contributed by atoms with van der Waals surface area (Å²) in [5.41, 5.74) is 4.19. The normalized spacial score (nSPS) is 10.7. The van der Waals surface area contributed by atoms with Crippen molar-refractivity contribution in [3.05, 3.63) is 62.2 Å². The van der Waals surface area contributed by atoms with Crippen LogP contribution in [0, 0.1) is 20.2 Å². The summed E-state index contributed by atoms with van der Waals surface area (Å²) in [5, 5.41) is 22.5. The Kier molecular flexibility index (Phi) is 3.41. The number of aromatic nitrogens is 2. The summed E-state index contributed by atoms with van der Waals surface area (Å²) in [4.78, 5) is 39.4. The van der Waals surface area contributed by atoms with Crippen molar-refractivity contribution in [3.63, 3.8) is 0 Å². The first-order chi connectivity index (χ1) is 11.4. The van der Waals surface area contributed by atoms with E-state index in [0.717, 1.165) is 12.1 Å². The molecule has 1 amide bonds. The highest BCUT2D eigenvalue weighted by atomic mass is 16.6. The Labute approximate surface area is 133 Å². The maximum Gasteiger partial charge on any atom is 0.357 e. The van der Waals surface area contributed by atoms with Crippen molar-refractivity contribution in [3.8, 4) is 11.4 Å². The number of aromatic amines is 1. The van der Waals surface area contributed by atoms with Gasteiger partial charge in [-0.15, -0.1) is 0 Å². The average molecular weight is 327 g/mol. The molecule has 3 N–H and O–H groups in total. The Morgan fingerprint density at radius 2 is 1.79 bits per heavy atom. The molecular formula is C14H9N5O5. The van der Waals surface area contributed by atoms with Crippen LogP contribution in [-0.2, 0) is 0 Å². The summed E-state index contributed by atoms with van der Waals surface area (Å²) >= 11 is 0. The van der Waals surface area contributed by atoms with E-state index in [1.54, 1.807) is 24.3 Å². The number of H-pyrrole nitrogens is 1. The van der Waals surface area contributed by atoms with Gasteiger partial charge in [-0.25, -0.2) is 4.98 Å². The number of hydrogen-bond donors (Lipinski definition) is 2. The highest BCUT2D eigenvalue weighted by Crippen LogP contribution is 2.39. The highest BCUT2D eigenvalue weighted by molar-refractivity contribution is 6.03. The molecule has 0 unspecified atom stereocenters. The molecular weight excluding hydrogens is 318 g/mol. The molecule has 0 aliphatic heterocycles. The second-order valence-electron chi connectivity index (χ2n) is 4.84. The van der Waals surface area contributed by atoms with Gasteiger partial charge in [0.1, 0.15) is 11.4 Å². The van der Waals surface area contributed by atoms with E-state index >= 15 is 0 Å². The average Bonchev–Trinajstić information content (AvgIpc) is 2.96. The quantitative estimate of drug-likeness (QED) is 0.551. The number of nitrogens with zero attached hydrogens (tertiary/aromatic N) is 3. The van der Waals surface area contributed by atoms with Crippen molar-refractivity contribution >= 4 is 28.3 Å². The van der Waals surface area contributed by atoms with Crippen molar-refractivity contribution in [1.29, 1.82) is 0 Å². The largest absolute Gasteiger partial charge is 0.366 e. The number of carbonyl (C=O) groups excluding carboxylic acids is 1. The van der Waals surface area contributed by atoms with E-state index in [1.807, 2.05) is 0 Å².